The van der Waals surface area contributed by atoms with Crippen LogP contribution in [-0.4, -0.2) is 61.6 Å². The van der Waals surface area contributed by atoms with Gasteiger partial charge in [-0.3, -0.25) is 4.79 Å². The predicted molar refractivity (Wildman–Crippen MR) is 69.7 cm³/mol. The van der Waals surface area contributed by atoms with E-state index >= 15 is 0 Å². The third-order valence-electron chi connectivity index (χ3n) is 3.18. The molecule has 1 saturated heterocycles. The fraction of sp³-hybridized carbons (Fsp3) is 0.818. The minimum atomic E-state index is -3.05. The van der Waals surface area contributed by atoms with Crippen LogP contribution in [-0.2, 0) is 14.6 Å². The van der Waals surface area contributed by atoms with Crippen LogP contribution < -0.4 is 5.32 Å². The van der Waals surface area contributed by atoms with Gasteiger partial charge >= 0.3 is 12.0 Å². The Balaban J connectivity index is 2.47. The average Bonchev–Trinajstić information content (AvgIpc) is 2.50. The van der Waals surface area contributed by atoms with E-state index in [1.807, 2.05) is 0 Å². The quantitative estimate of drug-likeness (QED) is 0.754. The highest BCUT2D eigenvalue weighted by Gasteiger charge is 2.23. The second kappa shape index (κ2) is 6.74. The van der Waals surface area contributed by atoms with Gasteiger partial charge in [0.25, 0.3) is 0 Å². The van der Waals surface area contributed by atoms with E-state index in [0.29, 0.717) is 19.4 Å². The van der Waals surface area contributed by atoms with Crippen molar-refractivity contribution >= 4 is 21.8 Å². The second-order valence-corrected chi connectivity index (χ2v) is 6.93. The van der Waals surface area contributed by atoms with Gasteiger partial charge in [0.1, 0.15) is 0 Å². The van der Waals surface area contributed by atoms with Gasteiger partial charge in [0.05, 0.1) is 17.4 Å². The van der Waals surface area contributed by atoms with Gasteiger partial charge in [0.15, 0.2) is 9.84 Å². The molecule has 0 aromatic rings. The normalized spacial score (nSPS) is 20.4. The molecule has 1 aliphatic heterocycles. The lowest BCUT2D eigenvalue weighted by Crippen LogP contribution is -2.44. The number of carbonyl (C=O) groups is 2. The summed E-state index contributed by atoms with van der Waals surface area (Å²) in [4.78, 5) is 24.1. The van der Waals surface area contributed by atoms with Crippen LogP contribution >= 0.6 is 0 Å². The molecule has 110 valence electrons. The molecule has 19 heavy (non-hydrogen) atoms. The highest BCUT2D eigenvalue weighted by Crippen LogP contribution is 2.06. The van der Waals surface area contributed by atoms with Gasteiger partial charge < -0.3 is 15.3 Å². The number of carboxylic acids is 1. The first-order valence-electron chi connectivity index (χ1n) is 6.31. The summed E-state index contributed by atoms with van der Waals surface area (Å²) < 4.78 is 22.8. The van der Waals surface area contributed by atoms with Crippen molar-refractivity contribution in [2.45, 2.75) is 19.8 Å². The molecule has 0 aromatic heterocycles. The van der Waals surface area contributed by atoms with Crippen LogP contribution in [0.5, 0.6) is 0 Å². The Labute approximate surface area is 112 Å². The molecule has 1 heterocycles. The lowest BCUT2D eigenvalue weighted by Gasteiger charge is -2.21. The smallest absolute Gasteiger partial charge is 0.317 e. The number of hydrogen-bond acceptors (Lipinski definition) is 4. The highest BCUT2D eigenvalue weighted by atomic mass is 32.2. The summed E-state index contributed by atoms with van der Waals surface area (Å²) in [6.07, 6.45) is 0.857. The average molecular weight is 292 g/mol. The van der Waals surface area contributed by atoms with Gasteiger partial charge in [0.2, 0.25) is 0 Å². The molecule has 2 N–H and O–H groups in total. The first-order valence-corrected chi connectivity index (χ1v) is 8.14. The number of urea groups is 1. The molecule has 0 aliphatic carbocycles. The Morgan fingerprint density at radius 1 is 1.32 bits per heavy atom. The van der Waals surface area contributed by atoms with Crippen LogP contribution in [0.15, 0.2) is 0 Å². The van der Waals surface area contributed by atoms with Crippen molar-refractivity contribution in [2.75, 3.05) is 31.1 Å². The maximum Gasteiger partial charge on any atom is 0.317 e. The molecule has 7 nitrogen and oxygen atoms in total. The number of sulfone groups is 1. The van der Waals surface area contributed by atoms with Crippen molar-refractivity contribution < 1.29 is 23.1 Å². The predicted octanol–water partition coefficient (Wildman–Crippen LogP) is -0.0727. The van der Waals surface area contributed by atoms with Crippen LogP contribution in [0.1, 0.15) is 19.8 Å². The van der Waals surface area contributed by atoms with Crippen molar-refractivity contribution in [3.8, 4) is 0 Å². The van der Waals surface area contributed by atoms with E-state index < -0.39 is 27.8 Å². The van der Waals surface area contributed by atoms with Crippen LogP contribution in [0.2, 0.25) is 0 Å². The number of nitrogens with one attached hydrogen (secondary N) is 1. The van der Waals surface area contributed by atoms with E-state index in [4.69, 9.17) is 5.11 Å². The molecular weight excluding hydrogens is 272 g/mol. The molecule has 1 unspecified atom stereocenters. The summed E-state index contributed by atoms with van der Waals surface area (Å²) in [5.74, 6) is -1.49. The lowest BCUT2D eigenvalue weighted by molar-refractivity contribution is -0.141. The summed E-state index contributed by atoms with van der Waals surface area (Å²) in [5, 5.41) is 11.4. The zero-order chi connectivity index (χ0) is 14.5. The monoisotopic (exact) mass is 292 g/mol. The number of amides is 2. The number of aliphatic carboxylic acids is 1. The number of nitrogens with zero attached hydrogens (tertiary/aromatic N) is 1. The van der Waals surface area contributed by atoms with Crippen LogP contribution in [0, 0.1) is 5.92 Å². The fourth-order valence-electron chi connectivity index (χ4n) is 1.87. The van der Waals surface area contributed by atoms with Crippen LogP contribution in [0.3, 0.4) is 0 Å². The van der Waals surface area contributed by atoms with E-state index in [-0.39, 0.29) is 24.6 Å². The topological polar surface area (TPSA) is 104 Å². The van der Waals surface area contributed by atoms with Crippen molar-refractivity contribution in [1.29, 1.82) is 0 Å². The van der Waals surface area contributed by atoms with E-state index in [9.17, 15) is 18.0 Å². The standard InChI is InChI=1S/C11H20N2O5S/c1-2-9(10(14)15)8-12-11(16)13-4-3-6-19(17,18)7-5-13/h9H,2-8H2,1H3,(H,12,16)(H,14,15). The minimum absolute atomic E-state index is 0.0312. The SMILES string of the molecule is CCC(CNC(=O)N1CCCS(=O)(=O)CC1)C(=O)O. The number of rotatable bonds is 4. The lowest BCUT2D eigenvalue weighted by atomic mass is 10.1. The van der Waals surface area contributed by atoms with Gasteiger partial charge in [-0.1, -0.05) is 6.92 Å². The number of hydrogen-bond donors (Lipinski definition) is 2. The molecule has 8 heteroatoms. The molecule has 1 fully saturated rings. The van der Waals surface area contributed by atoms with E-state index in [1.54, 1.807) is 6.92 Å². The molecule has 0 bridgehead atoms. The van der Waals surface area contributed by atoms with Gasteiger partial charge in [0, 0.05) is 19.6 Å². The Morgan fingerprint density at radius 3 is 2.58 bits per heavy atom. The maximum atomic E-state index is 11.8. The molecule has 0 aromatic carbocycles. The largest absolute Gasteiger partial charge is 0.481 e. The first-order chi connectivity index (χ1) is 8.85. The minimum Gasteiger partial charge on any atom is -0.481 e. The zero-order valence-electron chi connectivity index (χ0n) is 11.0. The van der Waals surface area contributed by atoms with E-state index in [2.05, 4.69) is 5.32 Å². The molecule has 0 spiro atoms. The second-order valence-electron chi connectivity index (χ2n) is 4.62. The van der Waals surface area contributed by atoms with Crippen molar-refractivity contribution in [2.24, 2.45) is 5.92 Å². The molecule has 1 aliphatic rings. The van der Waals surface area contributed by atoms with Gasteiger partial charge in [-0.2, -0.15) is 0 Å². The maximum absolute atomic E-state index is 11.8. The number of carbonyl (C=O) groups excluding carboxylic acids is 1. The molecular formula is C11H20N2O5S. The Bertz CT molecular complexity index is 434. The molecule has 1 atom stereocenters. The Hall–Kier alpha value is -1.31. The van der Waals surface area contributed by atoms with Gasteiger partial charge in [-0.25, -0.2) is 13.2 Å². The van der Waals surface area contributed by atoms with Crippen LogP contribution in [0.25, 0.3) is 0 Å². The van der Waals surface area contributed by atoms with E-state index in [0.717, 1.165) is 0 Å². The highest BCUT2D eigenvalue weighted by molar-refractivity contribution is 7.91. The van der Waals surface area contributed by atoms with Crippen LogP contribution in [0.4, 0.5) is 4.79 Å². The summed E-state index contributed by atoms with van der Waals surface area (Å²) in [6.45, 7) is 2.35. The molecule has 1 rings (SSSR count). The first kappa shape index (κ1) is 15.7. The summed E-state index contributed by atoms with van der Waals surface area (Å²) in [6, 6.07) is -0.392. The zero-order valence-corrected chi connectivity index (χ0v) is 11.8. The third kappa shape index (κ3) is 5.06. The van der Waals surface area contributed by atoms with Gasteiger partial charge in [-0.15, -0.1) is 0 Å². The van der Waals surface area contributed by atoms with E-state index in [1.165, 1.54) is 4.90 Å². The van der Waals surface area contributed by atoms with Crippen molar-refractivity contribution in [1.82, 2.24) is 10.2 Å². The number of carboxylic acid groups (broad SMARTS) is 1. The summed E-state index contributed by atoms with van der Waals surface area (Å²) in [7, 11) is -3.05. The molecule has 0 radical (unpaired) electrons. The summed E-state index contributed by atoms with van der Waals surface area (Å²) in [5.41, 5.74) is 0. The molecule has 0 saturated carbocycles. The van der Waals surface area contributed by atoms with Crippen molar-refractivity contribution in [3.05, 3.63) is 0 Å². The van der Waals surface area contributed by atoms with Crippen molar-refractivity contribution in [3.63, 3.8) is 0 Å². The Kier molecular flexibility index (Phi) is 5.59. The van der Waals surface area contributed by atoms with Gasteiger partial charge in [-0.05, 0) is 12.8 Å². The third-order valence-corrected chi connectivity index (χ3v) is 4.90. The Morgan fingerprint density at radius 2 is 2.00 bits per heavy atom. The molecule has 2 amide bonds. The fourth-order valence-corrected chi connectivity index (χ4v) is 3.14. The summed E-state index contributed by atoms with van der Waals surface area (Å²) >= 11 is 0.